The summed E-state index contributed by atoms with van der Waals surface area (Å²) >= 11 is 0. The average Bonchev–Trinajstić information content (AvgIpc) is 3.60. The maximum absolute atomic E-state index is 4.57. The average molecular weight is 415 g/mol. The molecule has 0 spiro atoms. The lowest BCUT2D eigenvalue weighted by molar-refractivity contribution is 0.613. The molecule has 4 aromatic rings. The molecule has 1 saturated heterocycles. The van der Waals surface area contributed by atoms with E-state index in [4.69, 9.17) is 0 Å². The van der Waals surface area contributed by atoms with E-state index in [2.05, 4.69) is 59.6 Å². The lowest BCUT2D eigenvalue weighted by Gasteiger charge is -2.06. The van der Waals surface area contributed by atoms with E-state index in [-0.39, 0.29) is 6.04 Å². The van der Waals surface area contributed by atoms with Crippen LogP contribution in [0.15, 0.2) is 49.1 Å². The fourth-order valence-electron chi connectivity index (χ4n) is 3.83. The van der Waals surface area contributed by atoms with E-state index >= 15 is 0 Å². The Labute approximate surface area is 181 Å². The maximum atomic E-state index is 4.57. The van der Waals surface area contributed by atoms with E-state index in [0.717, 1.165) is 52.7 Å². The molecule has 1 aliphatic rings. The van der Waals surface area contributed by atoms with Crippen LogP contribution in [0.1, 0.15) is 43.5 Å². The number of rotatable bonds is 6. The van der Waals surface area contributed by atoms with Crippen LogP contribution < -0.4 is 10.6 Å². The van der Waals surface area contributed by atoms with Gasteiger partial charge in [0.25, 0.3) is 0 Å². The number of hydrogen-bond donors (Lipinski definition) is 4. The van der Waals surface area contributed by atoms with Crippen molar-refractivity contribution in [1.29, 1.82) is 0 Å². The molecule has 0 saturated carbocycles. The lowest BCUT2D eigenvalue weighted by Crippen LogP contribution is -2.14. The van der Waals surface area contributed by atoms with Gasteiger partial charge in [-0.15, -0.1) is 0 Å². The molecule has 3 aromatic heterocycles. The highest BCUT2D eigenvalue weighted by Gasteiger charge is 2.19. The summed E-state index contributed by atoms with van der Waals surface area (Å²) < 4.78 is 0. The van der Waals surface area contributed by atoms with Gasteiger partial charge < -0.3 is 20.6 Å². The van der Waals surface area contributed by atoms with Gasteiger partial charge in [-0.1, -0.05) is 24.3 Å². The minimum absolute atomic E-state index is 0.181. The van der Waals surface area contributed by atoms with Crippen molar-refractivity contribution < 1.29 is 0 Å². The molecular weight excluding hydrogens is 388 g/mol. The van der Waals surface area contributed by atoms with Crippen molar-refractivity contribution >= 4 is 0 Å². The number of nitrogens with zero attached hydrogens (tertiary/aromatic N) is 4. The second kappa shape index (κ2) is 8.41. The smallest absolute Gasteiger partial charge is 0.159 e. The molecule has 2 atom stereocenters. The molecule has 4 heterocycles. The van der Waals surface area contributed by atoms with Crippen LogP contribution in [0.5, 0.6) is 0 Å². The molecule has 0 amide bonds. The Hall–Kier alpha value is -3.36. The van der Waals surface area contributed by atoms with Gasteiger partial charge in [-0.2, -0.15) is 0 Å². The van der Waals surface area contributed by atoms with Crippen LogP contribution in [0.25, 0.3) is 33.9 Å². The summed E-state index contributed by atoms with van der Waals surface area (Å²) in [5.41, 5.74) is 4.91. The molecule has 8 nitrogen and oxygen atoms in total. The first-order chi connectivity index (χ1) is 15.2. The van der Waals surface area contributed by atoms with Gasteiger partial charge in [0.15, 0.2) is 5.82 Å². The number of H-pyrrole nitrogens is 2. The molecule has 1 aromatic carbocycles. The molecule has 1 fully saturated rings. The predicted molar refractivity (Wildman–Crippen MR) is 120 cm³/mol. The number of benzene rings is 1. The molecule has 0 unspecified atom stereocenters. The third-order valence-corrected chi connectivity index (χ3v) is 5.84. The van der Waals surface area contributed by atoms with Crippen LogP contribution in [-0.2, 0) is 0 Å². The summed E-state index contributed by atoms with van der Waals surface area (Å²) in [5, 5.41) is 6.65. The second-order valence-electron chi connectivity index (χ2n) is 7.90. The topological polar surface area (TPSA) is 107 Å². The molecule has 1 aliphatic heterocycles. The normalized spacial score (nSPS) is 17.2. The van der Waals surface area contributed by atoms with Crippen molar-refractivity contribution in [3.63, 3.8) is 0 Å². The summed E-state index contributed by atoms with van der Waals surface area (Å²) in [6.07, 6.45) is 9.71. The van der Waals surface area contributed by atoms with Gasteiger partial charge in [0.1, 0.15) is 11.6 Å². The summed E-state index contributed by atoms with van der Waals surface area (Å²) in [6.45, 7) is 3.12. The van der Waals surface area contributed by atoms with E-state index in [9.17, 15) is 0 Å². The van der Waals surface area contributed by atoms with Gasteiger partial charge in [0.05, 0.1) is 35.9 Å². The molecule has 31 heavy (non-hydrogen) atoms. The highest BCUT2D eigenvalue weighted by atomic mass is 15.0. The van der Waals surface area contributed by atoms with Crippen LogP contribution in [0.4, 0.5) is 0 Å². The highest BCUT2D eigenvalue weighted by molar-refractivity contribution is 5.66. The molecule has 5 rings (SSSR count). The number of nitrogens with one attached hydrogen (secondary N) is 4. The summed E-state index contributed by atoms with van der Waals surface area (Å²) in [4.78, 5) is 24.9. The Balaban J connectivity index is 1.31. The van der Waals surface area contributed by atoms with Crippen molar-refractivity contribution in [1.82, 2.24) is 40.5 Å². The fourth-order valence-corrected chi connectivity index (χ4v) is 3.83. The van der Waals surface area contributed by atoms with Gasteiger partial charge in [0.2, 0.25) is 0 Å². The van der Waals surface area contributed by atoms with Crippen molar-refractivity contribution in [2.75, 3.05) is 13.6 Å². The van der Waals surface area contributed by atoms with Crippen molar-refractivity contribution in [2.24, 2.45) is 0 Å². The van der Waals surface area contributed by atoms with Crippen LogP contribution >= 0.6 is 0 Å². The number of imidazole rings is 2. The van der Waals surface area contributed by atoms with Crippen molar-refractivity contribution in [3.05, 3.63) is 60.7 Å². The van der Waals surface area contributed by atoms with Crippen LogP contribution in [0, 0.1) is 0 Å². The first-order valence-corrected chi connectivity index (χ1v) is 10.6. The molecule has 4 N–H and O–H groups in total. The Kier molecular flexibility index (Phi) is 5.31. The summed E-state index contributed by atoms with van der Waals surface area (Å²) in [7, 11) is 1.92. The zero-order valence-electron chi connectivity index (χ0n) is 17.7. The van der Waals surface area contributed by atoms with Gasteiger partial charge >= 0.3 is 0 Å². The van der Waals surface area contributed by atoms with E-state index in [1.807, 2.05) is 44.0 Å². The largest absolute Gasteiger partial charge is 0.341 e. The van der Waals surface area contributed by atoms with Crippen LogP contribution in [0.3, 0.4) is 0 Å². The quantitative estimate of drug-likeness (QED) is 0.384. The van der Waals surface area contributed by atoms with Gasteiger partial charge in [-0.05, 0) is 38.9 Å². The summed E-state index contributed by atoms with van der Waals surface area (Å²) in [5.74, 6) is 2.60. The predicted octanol–water partition coefficient (Wildman–Crippen LogP) is 3.63. The molecule has 158 valence electrons. The number of hydrogen-bond acceptors (Lipinski definition) is 6. The first kappa shape index (κ1) is 19.6. The Bertz CT molecular complexity index is 1140. The first-order valence-electron chi connectivity index (χ1n) is 10.6. The van der Waals surface area contributed by atoms with E-state index in [0.29, 0.717) is 11.9 Å². The second-order valence-corrected chi connectivity index (χ2v) is 7.90. The van der Waals surface area contributed by atoms with Crippen molar-refractivity contribution in [3.8, 4) is 33.9 Å². The monoisotopic (exact) mass is 414 g/mol. The number of aromatic nitrogens is 6. The van der Waals surface area contributed by atoms with Gasteiger partial charge in [0, 0.05) is 23.5 Å². The van der Waals surface area contributed by atoms with Crippen LogP contribution in [-0.4, -0.2) is 43.5 Å². The molecular formula is C23H26N8. The SMILES string of the molecule is CN[C@@H](C)c1ncc(-c2ccc(-c3ncc(-c4cnc([C@H]5CCCN5)[nH]4)cn3)cc2)[nH]1. The van der Waals surface area contributed by atoms with Crippen LogP contribution in [0.2, 0.25) is 0 Å². The maximum Gasteiger partial charge on any atom is 0.159 e. The van der Waals surface area contributed by atoms with Gasteiger partial charge in [-0.3, -0.25) is 0 Å². The minimum Gasteiger partial charge on any atom is -0.341 e. The third-order valence-electron chi connectivity index (χ3n) is 5.84. The molecule has 0 bridgehead atoms. The molecule has 0 radical (unpaired) electrons. The Morgan fingerprint density at radius 3 is 2.29 bits per heavy atom. The highest BCUT2D eigenvalue weighted by Crippen LogP contribution is 2.26. The van der Waals surface area contributed by atoms with E-state index in [1.165, 1.54) is 6.42 Å². The lowest BCUT2D eigenvalue weighted by atomic mass is 10.1. The number of aromatic amines is 2. The summed E-state index contributed by atoms with van der Waals surface area (Å²) in [6, 6.07) is 8.69. The zero-order valence-corrected chi connectivity index (χ0v) is 17.7. The fraction of sp³-hybridized carbons (Fsp3) is 0.304. The third kappa shape index (κ3) is 3.99. The Morgan fingerprint density at radius 2 is 1.58 bits per heavy atom. The van der Waals surface area contributed by atoms with E-state index in [1.54, 1.807) is 0 Å². The van der Waals surface area contributed by atoms with Crippen molar-refractivity contribution in [2.45, 2.75) is 31.8 Å². The molecule has 8 heteroatoms. The zero-order chi connectivity index (χ0) is 21.2. The minimum atomic E-state index is 0.181. The van der Waals surface area contributed by atoms with E-state index < -0.39 is 0 Å². The Morgan fingerprint density at radius 1 is 0.871 bits per heavy atom. The van der Waals surface area contributed by atoms with Gasteiger partial charge in [-0.25, -0.2) is 19.9 Å². The molecule has 0 aliphatic carbocycles. The standard InChI is InChI=1S/C23H26N8/c1-14(24-2)21-28-12-19(30-21)15-5-7-16(8-6-15)22-26-10-17(11-27-22)20-13-29-23(31-20)18-4-3-9-25-18/h5-8,10-14,18,24-25H,3-4,9H2,1-2H3,(H,28,30)(H,29,31)/t14-,18+/m0/s1.